The van der Waals surface area contributed by atoms with Gasteiger partial charge in [-0.25, -0.2) is 0 Å². The highest BCUT2D eigenvalue weighted by Crippen LogP contribution is 2.54. The predicted octanol–water partition coefficient (Wildman–Crippen LogP) is 20.8. The summed E-state index contributed by atoms with van der Waals surface area (Å²) in [5.41, 5.74) is 9.98. The minimum absolute atomic E-state index is 0.594. The normalized spacial score (nSPS) is 11.6. The first-order valence-electron chi connectivity index (χ1n) is 24.7. The summed E-state index contributed by atoms with van der Waals surface area (Å²) in [6, 6.07) is 79.5. The average Bonchev–Trinajstić information content (AvgIpc) is 3.75. The summed E-state index contributed by atoms with van der Waals surface area (Å²) in [4.78, 5) is 0. The third-order valence-electron chi connectivity index (χ3n) is 14.2. The molecule has 14 rings (SSSR count). The zero-order chi connectivity index (χ0) is 49.3. The lowest BCUT2D eigenvalue weighted by molar-refractivity contribution is 0.495. The number of aryl methyl sites for hydroxylation is 2. The van der Waals surface area contributed by atoms with E-state index >= 15 is 0 Å². The van der Waals surface area contributed by atoms with Crippen molar-refractivity contribution in [3.05, 3.63) is 242 Å². The van der Waals surface area contributed by atoms with Crippen LogP contribution in [0, 0.1) is 13.8 Å². The van der Waals surface area contributed by atoms with E-state index in [9.17, 15) is 0 Å². The van der Waals surface area contributed by atoms with E-state index in [0.717, 1.165) is 109 Å². The van der Waals surface area contributed by atoms with Crippen molar-refractivity contribution in [2.75, 3.05) is 0 Å². The summed E-state index contributed by atoms with van der Waals surface area (Å²) < 4.78 is 43.3. The first-order valence-corrected chi connectivity index (χ1v) is 26.9. The number of fused-ring (bicyclic) bond motifs is 14. The van der Waals surface area contributed by atoms with Crippen molar-refractivity contribution in [2.45, 2.75) is 13.8 Å². The SMILES string of the molecule is Cc1ccc(-c2ccccc2)c(Op2oc3ccc4ccccc4c3c3c(ccc4ccccc43)o2)c1-c1c(C)ccc(-c2ccccc2)c1Op1oc2ccc3ccccc3c2c2c(ccc3ccccc32)o1. The Morgan fingerprint density at radius 1 is 0.284 bits per heavy atom. The molecule has 0 unspecified atom stereocenters. The van der Waals surface area contributed by atoms with Crippen molar-refractivity contribution in [1.29, 1.82) is 0 Å². The maximum absolute atomic E-state index is 7.47. The fourth-order valence-electron chi connectivity index (χ4n) is 10.8. The molecule has 0 amide bonds. The topological polar surface area (TPSA) is 71.0 Å². The summed E-state index contributed by atoms with van der Waals surface area (Å²) in [7, 11) is -4.30. The number of rotatable bonds is 7. The highest BCUT2D eigenvalue weighted by Gasteiger charge is 2.28. The van der Waals surface area contributed by atoms with E-state index in [2.05, 4.69) is 184 Å². The van der Waals surface area contributed by atoms with Crippen LogP contribution in [0.2, 0.25) is 0 Å². The second-order valence-corrected chi connectivity index (χ2v) is 20.6. The summed E-state index contributed by atoms with van der Waals surface area (Å²) >= 11 is 0. The highest BCUT2D eigenvalue weighted by atomic mass is 31.1. The Balaban J connectivity index is 1.06. The smallest absolute Gasteiger partial charge is 0.390 e. The summed E-state index contributed by atoms with van der Waals surface area (Å²) in [6.07, 6.45) is 0. The van der Waals surface area contributed by atoms with Gasteiger partial charge >= 0.3 is 16.5 Å². The molecule has 0 atom stereocenters. The third-order valence-corrected chi connectivity index (χ3v) is 16.3. The van der Waals surface area contributed by atoms with E-state index in [-0.39, 0.29) is 0 Å². The molecule has 0 aliphatic rings. The lowest BCUT2D eigenvalue weighted by Gasteiger charge is -2.22. The largest absolute Gasteiger partial charge is 0.453 e. The molecule has 14 aromatic rings. The summed E-state index contributed by atoms with van der Waals surface area (Å²) in [5.74, 6) is 1.19. The van der Waals surface area contributed by atoms with Crippen molar-refractivity contribution in [3.8, 4) is 44.9 Å². The van der Waals surface area contributed by atoms with Gasteiger partial charge in [0.2, 0.25) is 0 Å². The molecule has 0 aliphatic carbocycles. The van der Waals surface area contributed by atoms with E-state index in [0.29, 0.717) is 33.8 Å². The Labute approximate surface area is 427 Å². The van der Waals surface area contributed by atoms with Crippen molar-refractivity contribution < 1.29 is 25.8 Å². The van der Waals surface area contributed by atoms with Gasteiger partial charge in [-0.2, -0.15) is 0 Å². The predicted molar refractivity (Wildman–Crippen MR) is 307 cm³/mol. The van der Waals surface area contributed by atoms with Gasteiger partial charge in [-0.15, -0.1) is 0 Å². The van der Waals surface area contributed by atoms with Crippen LogP contribution in [-0.2, 0) is 0 Å². The molecule has 0 bridgehead atoms. The average molecular weight is 995 g/mol. The van der Waals surface area contributed by atoms with Crippen LogP contribution in [-0.4, -0.2) is 0 Å². The van der Waals surface area contributed by atoms with E-state index in [1.54, 1.807) is 0 Å². The standard InChI is InChI=1S/C66H44O6P2/c1-41-29-35-53(43-17-5-3-6-18-43)65(71-73-67-55-37-31-45-21-9-13-25-49(45)61(55)62-50-26-14-10-22-46(50)32-38-56(62)68-73)59(41)60-42(2)30-36-54(44-19-7-4-8-20-44)66(60)72-74-69-57-39-33-47-23-11-15-27-51(47)63(57)64-52-28-16-12-24-48(52)34-40-58(64)70-74/h3-40H,1-2H3. The maximum atomic E-state index is 7.47. The van der Waals surface area contributed by atoms with Crippen LogP contribution in [0.15, 0.2) is 247 Å². The van der Waals surface area contributed by atoms with Crippen LogP contribution in [0.1, 0.15) is 11.1 Å². The quantitative estimate of drug-likeness (QED) is 0.158. The third kappa shape index (κ3) is 7.41. The van der Waals surface area contributed by atoms with Crippen LogP contribution >= 0.6 is 16.5 Å². The lowest BCUT2D eigenvalue weighted by Crippen LogP contribution is -1.99. The number of hydrogen-bond acceptors (Lipinski definition) is 6. The second kappa shape index (κ2) is 18.0. The van der Waals surface area contributed by atoms with Crippen molar-refractivity contribution in [3.63, 3.8) is 0 Å². The fourth-order valence-corrected chi connectivity index (χ4v) is 12.9. The van der Waals surface area contributed by atoms with Gasteiger partial charge in [0.15, 0.2) is 11.5 Å². The van der Waals surface area contributed by atoms with E-state index in [1.165, 1.54) is 0 Å². The minimum Gasteiger partial charge on any atom is -0.390 e. The Bertz CT molecular complexity index is 4150. The Hall–Kier alpha value is -8.92. The minimum atomic E-state index is -2.15. The number of benzene rings is 12. The molecule has 0 saturated carbocycles. The molecule has 0 fully saturated rings. The molecule has 0 N–H and O–H groups in total. The Kier molecular flexibility index (Phi) is 10.7. The van der Waals surface area contributed by atoms with Gasteiger partial charge in [-0.1, -0.05) is 206 Å². The van der Waals surface area contributed by atoms with Crippen LogP contribution in [0.4, 0.5) is 0 Å². The van der Waals surface area contributed by atoms with Gasteiger partial charge in [0, 0.05) is 43.8 Å². The van der Waals surface area contributed by atoms with Gasteiger partial charge < -0.3 is 25.8 Å². The molecule has 354 valence electrons. The van der Waals surface area contributed by atoms with Crippen LogP contribution < -0.4 is 9.05 Å². The fraction of sp³-hybridized carbons (Fsp3) is 0.0303. The van der Waals surface area contributed by atoms with Crippen LogP contribution in [0.25, 0.3) is 120 Å². The Morgan fingerprint density at radius 2 is 0.568 bits per heavy atom. The first-order chi connectivity index (χ1) is 36.5. The molecule has 12 aromatic carbocycles. The van der Waals surface area contributed by atoms with Gasteiger partial charge in [0.1, 0.15) is 22.3 Å². The molecule has 8 heteroatoms. The van der Waals surface area contributed by atoms with Gasteiger partial charge in [-0.05, 0) is 103 Å². The molecule has 74 heavy (non-hydrogen) atoms. The highest BCUT2D eigenvalue weighted by molar-refractivity contribution is 7.32. The molecule has 0 aliphatic heterocycles. The first kappa shape index (κ1) is 43.8. The molecule has 0 saturated heterocycles. The molecule has 0 radical (unpaired) electrons. The molecular formula is C66H44O6P2. The summed E-state index contributed by atoms with van der Waals surface area (Å²) in [5, 5.41) is 12.5. The molecule has 0 spiro atoms. The van der Waals surface area contributed by atoms with Crippen molar-refractivity contribution >= 4 is 103 Å². The number of hydrogen-bond donors (Lipinski definition) is 0. The van der Waals surface area contributed by atoms with Gasteiger partial charge in [0.05, 0.1) is 0 Å². The van der Waals surface area contributed by atoms with Gasteiger partial charge in [0.25, 0.3) is 0 Å². The monoisotopic (exact) mass is 994 g/mol. The molecule has 2 heterocycles. The van der Waals surface area contributed by atoms with Crippen molar-refractivity contribution in [1.82, 2.24) is 0 Å². The maximum Gasteiger partial charge on any atom is 0.453 e. The van der Waals surface area contributed by atoms with E-state index < -0.39 is 16.5 Å². The zero-order valence-electron chi connectivity index (χ0n) is 40.3. The van der Waals surface area contributed by atoms with Crippen LogP contribution in [0.3, 0.4) is 0 Å². The van der Waals surface area contributed by atoms with E-state index in [4.69, 9.17) is 25.8 Å². The molecular weight excluding hydrogens is 951 g/mol. The lowest BCUT2D eigenvalue weighted by atomic mass is 9.88. The van der Waals surface area contributed by atoms with Crippen LogP contribution in [0.5, 0.6) is 11.5 Å². The van der Waals surface area contributed by atoms with Gasteiger partial charge in [-0.3, -0.25) is 0 Å². The van der Waals surface area contributed by atoms with Crippen molar-refractivity contribution in [2.24, 2.45) is 0 Å². The second-order valence-electron chi connectivity index (χ2n) is 18.6. The van der Waals surface area contributed by atoms with E-state index in [1.807, 2.05) is 60.7 Å². The zero-order valence-corrected chi connectivity index (χ0v) is 42.1. The molecule has 6 nitrogen and oxygen atoms in total. The molecule has 2 aromatic heterocycles. The Morgan fingerprint density at radius 3 is 0.878 bits per heavy atom. The summed E-state index contributed by atoms with van der Waals surface area (Å²) in [6.45, 7) is 4.24.